The van der Waals surface area contributed by atoms with Crippen LogP contribution in [0.4, 0.5) is 38.1 Å². The van der Waals surface area contributed by atoms with Crippen molar-refractivity contribution >= 4 is 23.4 Å². The SMILES string of the molecule is O=C(N[C@@]1(C(=O)NCc2ccc(Nc3ccc(F)cc3C(F)(F)F)cc2F)CCOC1)Oc1cn[nH]c(=O)c1. The predicted octanol–water partition coefficient (Wildman–Crippen LogP) is 3.37. The van der Waals surface area contributed by atoms with Crippen LogP contribution in [0.2, 0.25) is 0 Å². The molecule has 0 saturated carbocycles. The Morgan fingerprint density at radius 2 is 1.92 bits per heavy atom. The molecule has 206 valence electrons. The fourth-order valence-electron chi connectivity index (χ4n) is 3.77. The molecule has 1 aliphatic rings. The topological polar surface area (TPSA) is 134 Å². The monoisotopic (exact) mass is 553 g/mol. The largest absolute Gasteiger partial charge is 0.418 e. The van der Waals surface area contributed by atoms with E-state index in [9.17, 15) is 36.3 Å². The summed E-state index contributed by atoms with van der Waals surface area (Å²) in [5, 5.41) is 12.9. The standard InChI is InChI=1S/C24H20F5N5O5/c25-14-2-4-19(17(7-14)24(27,28)29)32-15-3-1-13(18(26)8-15)10-30-21(36)23(5-6-38-12-23)33-22(37)39-16-9-20(35)34-31-11-16/h1-4,7-9,11,32H,5-6,10,12H2,(H,30,36)(H,33,37)(H,34,35)/t23-/m0/s1. The molecule has 15 heteroatoms. The van der Waals surface area contributed by atoms with Crippen molar-refractivity contribution in [3.8, 4) is 5.75 Å². The normalized spacial score (nSPS) is 16.9. The lowest BCUT2D eigenvalue weighted by Gasteiger charge is -2.27. The molecule has 2 heterocycles. The van der Waals surface area contributed by atoms with Crippen molar-refractivity contribution in [2.24, 2.45) is 0 Å². The second-order valence-corrected chi connectivity index (χ2v) is 8.48. The molecule has 1 saturated heterocycles. The van der Waals surface area contributed by atoms with Gasteiger partial charge in [-0.25, -0.2) is 18.7 Å². The highest BCUT2D eigenvalue weighted by atomic mass is 19.4. The van der Waals surface area contributed by atoms with Crippen LogP contribution in [-0.2, 0) is 22.3 Å². The highest BCUT2D eigenvalue weighted by Crippen LogP contribution is 2.36. The Morgan fingerprint density at radius 3 is 2.59 bits per heavy atom. The number of H-pyrrole nitrogens is 1. The number of ether oxygens (including phenoxy) is 2. The summed E-state index contributed by atoms with van der Waals surface area (Å²) in [5.41, 5.74) is -3.93. The number of benzene rings is 2. The van der Waals surface area contributed by atoms with Crippen molar-refractivity contribution in [2.75, 3.05) is 18.5 Å². The first-order valence-electron chi connectivity index (χ1n) is 11.3. The first-order valence-corrected chi connectivity index (χ1v) is 11.3. The molecule has 0 spiro atoms. The third-order valence-electron chi connectivity index (χ3n) is 5.71. The van der Waals surface area contributed by atoms with E-state index in [1.54, 1.807) is 0 Å². The van der Waals surface area contributed by atoms with Gasteiger partial charge in [-0.15, -0.1) is 0 Å². The predicted molar refractivity (Wildman–Crippen MR) is 125 cm³/mol. The number of amides is 2. The average Bonchev–Trinajstić information content (AvgIpc) is 3.33. The lowest BCUT2D eigenvalue weighted by molar-refractivity contribution is -0.137. The van der Waals surface area contributed by atoms with Crippen molar-refractivity contribution in [1.82, 2.24) is 20.8 Å². The number of anilines is 2. The highest BCUT2D eigenvalue weighted by molar-refractivity contribution is 5.90. The first kappa shape index (κ1) is 27.5. The van der Waals surface area contributed by atoms with Crippen LogP contribution in [-0.4, -0.2) is 41.0 Å². The summed E-state index contributed by atoms with van der Waals surface area (Å²) in [6.07, 6.45) is -4.74. The van der Waals surface area contributed by atoms with E-state index in [0.717, 1.165) is 30.5 Å². The van der Waals surface area contributed by atoms with Gasteiger partial charge in [0.1, 0.15) is 17.2 Å². The third-order valence-corrected chi connectivity index (χ3v) is 5.71. The van der Waals surface area contributed by atoms with Gasteiger partial charge in [-0.2, -0.15) is 18.3 Å². The van der Waals surface area contributed by atoms with Crippen LogP contribution in [0.15, 0.2) is 53.5 Å². The first-order chi connectivity index (χ1) is 18.4. The second kappa shape index (κ2) is 11.1. The van der Waals surface area contributed by atoms with Gasteiger partial charge in [0.05, 0.1) is 24.1 Å². The molecule has 0 bridgehead atoms. The Bertz CT molecular complexity index is 1440. The van der Waals surface area contributed by atoms with E-state index in [1.165, 1.54) is 12.1 Å². The maximum atomic E-state index is 14.7. The summed E-state index contributed by atoms with van der Waals surface area (Å²) in [4.78, 5) is 36.6. The lowest BCUT2D eigenvalue weighted by Crippen LogP contribution is -2.59. The van der Waals surface area contributed by atoms with E-state index in [2.05, 4.69) is 26.1 Å². The van der Waals surface area contributed by atoms with Gasteiger partial charge in [0.15, 0.2) is 5.75 Å². The number of carbonyl (C=O) groups is 2. The van der Waals surface area contributed by atoms with Crippen LogP contribution in [0.25, 0.3) is 0 Å². The van der Waals surface area contributed by atoms with Crippen molar-refractivity contribution in [3.63, 3.8) is 0 Å². The van der Waals surface area contributed by atoms with Gasteiger partial charge in [-0.3, -0.25) is 9.59 Å². The Labute approximate surface area is 216 Å². The smallest absolute Gasteiger partial charge is 0.408 e. The van der Waals surface area contributed by atoms with Crippen LogP contribution in [0.1, 0.15) is 17.5 Å². The summed E-state index contributed by atoms with van der Waals surface area (Å²) in [5.74, 6) is -2.79. The minimum Gasteiger partial charge on any atom is -0.408 e. The second-order valence-electron chi connectivity index (χ2n) is 8.48. The molecule has 2 aromatic carbocycles. The van der Waals surface area contributed by atoms with Crippen LogP contribution in [0.5, 0.6) is 5.75 Å². The Balaban J connectivity index is 1.41. The van der Waals surface area contributed by atoms with E-state index >= 15 is 0 Å². The Hall–Kier alpha value is -4.53. The Morgan fingerprint density at radius 1 is 1.13 bits per heavy atom. The van der Waals surface area contributed by atoms with E-state index < -0.39 is 52.2 Å². The number of nitrogens with zero attached hydrogens (tertiary/aromatic N) is 1. The third kappa shape index (κ3) is 6.67. The number of hydrogen-bond donors (Lipinski definition) is 4. The van der Waals surface area contributed by atoms with Gasteiger partial charge in [0.25, 0.3) is 5.56 Å². The summed E-state index contributed by atoms with van der Waals surface area (Å²) in [6, 6.07) is 6.47. The minimum absolute atomic E-state index is 0.00437. The van der Waals surface area contributed by atoms with Gasteiger partial charge in [0, 0.05) is 36.9 Å². The molecule has 0 aliphatic carbocycles. The summed E-state index contributed by atoms with van der Waals surface area (Å²) in [6.45, 7) is -0.393. The number of hydrogen-bond acceptors (Lipinski definition) is 7. The maximum absolute atomic E-state index is 14.7. The zero-order valence-corrected chi connectivity index (χ0v) is 19.8. The van der Waals surface area contributed by atoms with Crippen LogP contribution < -0.4 is 26.2 Å². The molecule has 1 fully saturated rings. The van der Waals surface area contributed by atoms with Gasteiger partial charge >= 0.3 is 12.3 Å². The number of aromatic nitrogens is 2. The maximum Gasteiger partial charge on any atom is 0.418 e. The molecule has 4 N–H and O–H groups in total. The molecule has 1 aliphatic heterocycles. The number of aromatic amines is 1. The van der Waals surface area contributed by atoms with E-state index in [-0.39, 0.29) is 43.2 Å². The van der Waals surface area contributed by atoms with Gasteiger partial charge in [-0.05, 0) is 30.3 Å². The van der Waals surface area contributed by atoms with E-state index in [4.69, 9.17) is 9.47 Å². The number of carbonyl (C=O) groups excluding carboxylic acids is 2. The molecular weight excluding hydrogens is 533 g/mol. The van der Waals surface area contributed by atoms with E-state index in [1.807, 2.05) is 0 Å². The van der Waals surface area contributed by atoms with Crippen LogP contribution in [0, 0.1) is 11.6 Å². The van der Waals surface area contributed by atoms with Gasteiger partial charge in [0.2, 0.25) is 5.91 Å². The molecule has 4 rings (SSSR count). The number of nitrogens with one attached hydrogen (secondary N) is 4. The molecule has 0 unspecified atom stereocenters. The lowest BCUT2D eigenvalue weighted by atomic mass is 9.97. The summed E-state index contributed by atoms with van der Waals surface area (Å²) < 4.78 is 78.0. The zero-order valence-electron chi connectivity index (χ0n) is 19.8. The molecule has 3 aromatic rings. The molecule has 39 heavy (non-hydrogen) atoms. The van der Waals surface area contributed by atoms with Crippen LogP contribution in [0.3, 0.4) is 0 Å². The quantitative estimate of drug-likeness (QED) is 0.330. The van der Waals surface area contributed by atoms with Gasteiger partial charge < -0.3 is 25.4 Å². The molecule has 0 radical (unpaired) electrons. The fourth-order valence-corrected chi connectivity index (χ4v) is 3.77. The number of halogens is 5. The number of alkyl halides is 3. The molecule has 2 amide bonds. The van der Waals surface area contributed by atoms with Crippen LogP contribution >= 0.6 is 0 Å². The Kier molecular flexibility index (Phi) is 7.80. The molecular formula is C24H20F5N5O5. The van der Waals surface area contributed by atoms with Crippen molar-refractivity contribution in [2.45, 2.75) is 24.7 Å². The number of rotatable bonds is 7. The minimum atomic E-state index is -4.84. The van der Waals surface area contributed by atoms with Crippen molar-refractivity contribution in [1.29, 1.82) is 0 Å². The summed E-state index contributed by atoms with van der Waals surface area (Å²) in [7, 11) is 0. The highest BCUT2D eigenvalue weighted by Gasteiger charge is 2.44. The fraction of sp³-hybridized carbons (Fsp3) is 0.250. The van der Waals surface area contributed by atoms with Crippen molar-refractivity contribution < 1.29 is 41.0 Å². The molecule has 1 atom stereocenters. The molecule has 10 nitrogen and oxygen atoms in total. The van der Waals surface area contributed by atoms with Crippen molar-refractivity contribution in [3.05, 3.63) is 81.8 Å². The average molecular weight is 553 g/mol. The molecule has 1 aromatic heterocycles. The zero-order chi connectivity index (χ0) is 28.2. The van der Waals surface area contributed by atoms with Gasteiger partial charge in [-0.1, -0.05) is 6.07 Å². The summed E-state index contributed by atoms with van der Waals surface area (Å²) >= 11 is 0. The van der Waals surface area contributed by atoms with E-state index in [0.29, 0.717) is 6.07 Å².